The monoisotopic (exact) mass is 174 g/mol. The van der Waals surface area contributed by atoms with Gasteiger partial charge in [0.25, 0.3) is 0 Å². The van der Waals surface area contributed by atoms with E-state index in [2.05, 4.69) is 50.3 Å². The van der Waals surface area contributed by atoms with E-state index in [1.54, 1.807) is 0 Å². The smallest absolute Gasteiger partial charge is 0.0276 e. The van der Waals surface area contributed by atoms with Crippen LogP contribution in [0, 0.1) is 0 Å². The van der Waals surface area contributed by atoms with Crippen molar-refractivity contribution in [1.29, 1.82) is 0 Å². The highest BCUT2D eigenvalue weighted by Crippen LogP contribution is 2.08. The third kappa shape index (κ3) is 3.93. The summed E-state index contributed by atoms with van der Waals surface area (Å²) in [6, 6.07) is 10.7. The van der Waals surface area contributed by atoms with Gasteiger partial charge < -0.3 is 0 Å². The van der Waals surface area contributed by atoms with Gasteiger partial charge in [-0.1, -0.05) is 42.0 Å². The third-order valence-electron chi connectivity index (χ3n) is 2.37. The maximum absolute atomic E-state index is 2.20. The first-order chi connectivity index (χ1) is 6.33. The summed E-state index contributed by atoms with van der Waals surface area (Å²) in [4.78, 5) is 0. The topological polar surface area (TPSA) is 0 Å². The van der Waals surface area contributed by atoms with Crippen LogP contribution in [0.3, 0.4) is 0 Å². The van der Waals surface area contributed by atoms with Crippen LogP contribution in [0.25, 0.3) is 0 Å². The normalized spacial score (nSPS) is 11.7. The first-order valence-corrected chi connectivity index (χ1v) is 4.98. The number of aryl methyl sites for hydroxylation is 1. The lowest BCUT2D eigenvalue weighted by Gasteiger charge is -2.01. The Bertz CT molecular complexity index is 257. The van der Waals surface area contributed by atoms with Crippen LogP contribution < -0.4 is 0 Å². The van der Waals surface area contributed by atoms with Crippen molar-refractivity contribution in [2.75, 3.05) is 0 Å². The molecule has 0 nitrogen and oxygen atoms in total. The molecule has 0 bridgehead atoms. The third-order valence-corrected chi connectivity index (χ3v) is 2.37. The summed E-state index contributed by atoms with van der Waals surface area (Å²) < 4.78 is 0. The zero-order valence-electron chi connectivity index (χ0n) is 8.59. The van der Waals surface area contributed by atoms with E-state index in [0.29, 0.717) is 0 Å². The van der Waals surface area contributed by atoms with Gasteiger partial charge in [-0.15, -0.1) is 0 Å². The molecule has 0 aliphatic rings. The molecule has 0 radical (unpaired) electrons. The molecule has 1 aromatic carbocycles. The molecule has 13 heavy (non-hydrogen) atoms. The molecule has 0 amide bonds. The number of benzene rings is 1. The standard InChI is InChI=1S/C13H18/c1-3-12(2)8-7-11-13-9-5-4-6-10-13/h3-6,9-10H,7-8,11H2,1-2H3. The van der Waals surface area contributed by atoms with Crippen LogP contribution in [0.4, 0.5) is 0 Å². The average molecular weight is 174 g/mol. The summed E-state index contributed by atoms with van der Waals surface area (Å²) in [7, 11) is 0. The van der Waals surface area contributed by atoms with Gasteiger partial charge >= 0.3 is 0 Å². The van der Waals surface area contributed by atoms with Gasteiger partial charge in [-0.2, -0.15) is 0 Å². The number of hydrogen-bond acceptors (Lipinski definition) is 0. The molecule has 0 saturated heterocycles. The summed E-state index contributed by atoms with van der Waals surface area (Å²) in [6.07, 6.45) is 5.89. The van der Waals surface area contributed by atoms with E-state index in [0.717, 1.165) is 0 Å². The number of rotatable bonds is 4. The predicted octanol–water partition coefficient (Wildman–Crippen LogP) is 3.98. The highest BCUT2D eigenvalue weighted by atomic mass is 14.0. The maximum atomic E-state index is 2.20. The van der Waals surface area contributed by atoms with Gasteiger partial charge in [-0.3, -0.25) is 0 Å². The summed E-state index contributed by atoms with van der Waals surface area (Å²) in [6.45, 7) is 4.31. The fourth-order valence-electron chi connectivity index (χ4n) is 1.36. The Balaban J connectivity index is 2.28. The van der Waals surface area contributed by atoms with Crippen molar-refractivity contribution < 1.29 is 0 Å². The first kappa shape index (κ1) is 10.0. The Morgan fingerprint density at radius 3 is 2.54 bits per heavy atom. The van der Waals surface area contributed by atoms with Gasteiger partial charge in [0.2, 0.25) is 0 Å². The van der Waals surface area contributed by atoms with E-state index in [1.165, 1.54) is 30.4 Å². The van der Waals surface area contributed by atoms with Crippen molar-refractivity contribution in [1.82, 2.24) is 0 Å². The molecule has 0 saturated carbocycles. The predicted molar refractivity (Wildman–Crippen MR) is 58.8 cm³/mol. The number of allylic oxidation sites excluding steroid dienone is 2. The lowest BCUT2D eigenvalue weighted by atomic mass is 10.1. The van der Waals surface area contributed by atoms with Gasteiger partial charge in [-0.05, 0) is 38.7 Å². The Morgan fingerprint density at radius 2 is 1.92 bits per heavy atom. The minimum Gasteiger partial charge on any atom is -0.0887 e. The Hall–Kier alpha value is -1.04. The molecule has 0 unspecified atom stereocenters. The average Bonchev–Trinajstić information content (AvgIpc) is 2.19. The van der Waals surface area contributed by atoms with E-state index in [4.69, 9.17) is 0 Å². The van der Waals surface area contributed by atoms with Crippen molar-refractivity contribution in [2.24, 2.45) is 0 Å². The molecule has 0 N–H and O–H groups in total. The van der Waals surface area contributed by atoms with Gasteiger partial charge in [0.05, 0.1) is 0 Å². The Morgan fingerprint density at radius 1 is 1.23 bits per heavy atom. The highest BCUT2D eigenvalue weighted by molar-refractivity contribution is 5.14. The Labute approximate surface area is 81.3 Å². The van der Waals surface area contributed by atoms with Crippen LogP contribution in [0.15, 0.2) is 42.0 Å². The molecule has 0 heteroatoms. The van der Waals surface area contributed by atoms with Crippen LogP contribution >= 0.6 is 0 Å². The van der Waals surface area contributed by atoms with Crippen molar-refractivity contribution >= 4 is 0 Å². The van der Waals surface area contributed by atoms with E-state index >= 15 is 0 Å². The molecule has 70 valence electrons. The van der Waals surface area contributed by atoms with Crippen molar-refractivity contribution in [3.63, 3.8) is 0 Å². The van der Waals surface area contributed by atoms with Crippen molar-refractivity contribution in [3.05, 3.63) is 47.5 Å². The molecular formula is C13H18. The molecule has 0 aliphatic carbocycles. The van der Waals surface area contributed by atoms with E-state index < -0.39 is 0 Å². The minimum absolute atomic E-state index is 1.20. The summed E-state index contributed by atoms with van der Waals surface area (Å²) in [5.74, 6) is 0. The fourth-order valence-corrected chi connectivity index (χ4v) is 1.36. The molecule has 1 rings (SSSR count). The largest absolute Gasteiger partial charge is 0.0887 e. The summed E-state index contributed by atoms with van der Waals surface area (Å²) in [5.41, 5.74) is 2.95. The van der Waals surface area contributed by atoms with Crippen LogP contribution in [-0.2, 0) is 6.42 Å². The molecule has 1 aromatic rings. The van der Waals surface area contributed by atoms with E-state index in [1.807, 2.05) is 0 Å². The van der Waals surface area contributed by atoms with Gasteiger partial charge in [-0.25, -0.2) is 0 Å². The zero-order chi connectivity index (χ0) is 9.52. The quantitative estimate of drug-likeness (QED) is 0.606. The van der Waals surface area contributed by atoms with Crippen LogP contribution in [0.1, 0.15) is 32.3 Å². The van der Waals surface area contributed by atoms with Crippen molar-refractivity contribution in [3.8, 4) is 0 Å². The molecule has 0 aromatic heterocycles. The SMILES string of the molecule is CC=C(C)CCCc1ccccc1. The summed E-state index contributed by atoms with van der Waals surface area (Å²) >= 11 is 0. The first-order valence-electron chi connectivity index (χ1n) is 4.98. The summed E-state index contributed by atoms with van der Waals surface area (Å²) in [5, 5.41) is 0. The molecule has 0 aliphatic heterocycles. The van der Waals surface area contributed by atoms with Gasteiger partial charge in [0.1, 0.15) is 0 Å². The van der Waals surface area contributed by atoms with E-state index in [-0.39, 0.29) is 0 Å². The molecule has 0 fully saturated rings. The fraction of sp³-hybridized carbons (Fsp3) is 0.385. The second kappa shape index (κ2) is 5.58. The molecule has 0 heterocycles. The lowest BCUT2D eigenvalue weighted by molar-refractivity contribution is 0.810. The molecule has 0 spiro atoms. The second-order valence-electron chi connectivity index (χ2n) is 3.47. The minimum atomic E-state index is 1.20. The van der Waals surface area contributed by atoms with Gasteiger partial charge in [0, 0.05) is 0 Å². The lowest BCUT2D eigenvalue weighted by Crippen LogP contribution is -1.85. The number of hydrogen-bond donors (Lipinski definition) is 0. The Kier molecular flexibility index (Phi) is 4.31. The van der Waals surface area contributed by atoms with Crippen LogP contribution in [0.5, 0.6) is 0 Å². The maximum Gasteiger partial charge on any atom is -0.0276 e. The van der Waals surface area contributed by atoms with Crippen molar-refractivity contribution in [2.45, 2.75) is 33.1 Å². The second-order valence-corrected chi connectivity index (χ2v) is 3.47. The van der Waals surface area contributed by atoms with Crippen LogP contribution in [-0.4, -0.2) is 0 Å². The highest BCUT2D eigenvalue weighted by Gasteiger charge is 1.92. The van der Waals surface area contributed by atoms with Crippen LogP contribution in [0.2, 0.25) is 0 Å². The molecule has 0 atom stereocenters. The van der Waals surface area contributed by atoms with Gasteiger partial charge in [0.15, 0.2) is 0 Å². The zero-order valence-corrected chi connectivity index (χ0v) is 8.59. The molecular weight excluding hydrogens is 156 g/mol. The van der Waals surface area contributed by atoms with E-state index in [9.17, 15) is 0 Å².